The van der Waals surface area contributed by atoms with Crippen LogP contribution in [0.2, 0.25) is 0 Å². The molecule has 0 bridgehead atoms. The summed E-state index contributed by atoms with van der Waals surface area (Å²) in [6, 6.07) is 17.0. The van der Waals surface area contributed by atoms with E-state index in [0.29, 0.717) is 5.82 Å². The molecule has 4 nitrogen and oxygen atoms in total. The van der Waals surface area contributed by atoms with E-state index in [1.54, 1.807) is 0 Å². The van der Waals surface area contributed by atoms with Crippen molar-refractivity contribution in [3.05, 3.63) is 65.5 Å². The first kappa shape index (κ1) is 19.4. The van der Waals surface area contributed by atoms with Crippen LogP contribution >= 0.6 is 0 Å². The molecule has 29 heavy (non-hydrogen) atoms. The molecule has 1 aromatic heterocycles. The number of hydrogen-bond donors (Lipinski definition) is 1. The van der Waals surface area contributed by atoms with Crippen LogP contribution in [0.1, 0.15) is 53.8 Å². The van der Waals surface area contributed by atoms with Gasteiger partial charge in [0, 0.05) is 24.2 Å². The lowest BCUT2D eigenvalue weighted by Gasteiger charge is -2.22. The zero-order valence-electron chi connectivity index (χ0n) is 17.5. The third kappa shape index (κ3) is 4.12. The Kier molecular flexibility index (Phi) is 5.52. The predicted octanol–water partition coefficient (Wildman–Crippen LogP) is 5.43. The van der Waals surface area contributed by atoms with E-state index in [1.165, 1.54) is 30.4 Å². The summed E-state index contributed by atoms with van der Waals surface area (Å²) >= 11 is 0. The molecule has 150 valence electrons. The fourth-order valence-electron chi connectivity index (χ4n) is 4.15. The molecule has 0 spiro atoms. The summed E-state index contributed by atoms with van der Waals surface area (Å²) < 4.78 is 1.94. The molecule has 0 unspecified atom stereocenters. The first-order valence-electron chi connectivity index (χ1n) is 10.5. The monoisotopic (exact) mass is 387 g/mol. The van der Waals surface area contributed by atoms with Gasteiger partial charge in [0.15, 0.2) is 5.82 Å². The Morgan fingerprint density at radius 1 is 0.897 bits per heavy atom. The van der Waals surface area contributed by atoms with Crippen molar-refractivity contribution in [1.82, 2.24) is 14.9 Å². The number of carbonyl (C=O) groups excluding carboxylic acids is 1. The van der Waals surface area contributed by atoms with E-state index in [0.717, 1.165) is 35.4 Å². The minimum absolute atomic E-state index is 0.0777. The Hall–Kier alpha value is -2.88. The van der Waals surface area contributed by atoms with Crippen LogP contribution in [-0.4, -0.2) is 21.5 Å². The van der Waals surface area contributed by atoms with E-state index >= 15 is 0 Å². The lowest BCUT2D eigenvalue weighted by Crippen LogP contribution is -2.37. The molecule has 0 aliphatic heterocycles. The van der Waals surface area contributed by atoms with Gasteiger partial charge in [0.2, 0.25) is 0 Å². The standard InChI is InChI=1S/C25H29N3O/c1-17-9-13-19(14-10-17)22-23(20-15-11-18(2)12-16-20)28(3)24(27-22)25(29)26-21-7-5-4-6-8-21/h9-16,21H,4-8H2,1-3H3,(H,26,29). The topological polar surface area (TPSA) is 46.9 Å². The normalized spacial score (nSPS) is 14.7. The van der Waals surface area contributed by atoms with E-state index in [9.17, 15) is 4.79 Å². The minimum Gasteiger partial charge on any atom is -0.347 e. The summed E-state index contributed by atoms with van der Waals surface area (Å²) in [5, 5.41) is 3.22. The number of nitrogens with one attached hydrogen (secondary N) is 1. The van der Waals surface area contributed by atoms with Crippen LogP contribution in [0.3, 0.4) is 0 Å². The number of imidazole rings is 1. The maximum Gasteiger partial charge on any atom is 0.287 e. The third-order valence-electron chi connectivity index (χ3n) is 5.89. The molecular weight excluding hydrogens is 358 g/mol. The van der Waals surface area contributed by atoms with Gasteiger partial charge in [0.25, 0.3) is 5.91 Å². The Morgan fingerprint density at radius 3 is 2.03 bits per heavy atom. The second kappa shape index (κ2) is 8.24. The molecule has 1 amide bonds. The molecule has 1 fully saturated rings. The van der Waals surface area contributed by atoms with E-state index in [4.69, 9.17) is 4.98 Å². The van der Waals surface area contributed by atoms with Crippen molar-refractivity contribution in [3.8, 4) is 22.5 Å². The van der Waals surface area contributed by atoms with Gasteiger partial charge in [-0.25, -0.2) is 4.98 Å². The van der Waals surface area contributed by atoms with Gasteiger partial charge in [0.05, 0.1) is 11.4 Å². The van der Waals surface area contributed by atoms with Crippen molar-refractivity contribution in [2.24, 2.45) is 7.05 Å². The number of carbonyl (C=O) groups is 1. The average Bonchev–Trinajstić information content (AvgIpc) is 3.07. The molecule has 0 atom stereocenters. The van der Waals surface area contributed by atoms with Gasteiger partial charge in [-0.2, -0.15) is 0 Å². The number of rotatable bonds is 4. The van der Waals surface area contributed by atoms with Crippen molar-refractivity contribution in [3.63, 3.8) is 0 Å². The van der Waals surface area contributed by atoms with Gasteiger partial charge in [-0.1, -0.05) is 78.9 Å². The van der Waals surface area contributed by atoms with E-state index < -0.39 is 0 Å². The van der Waals surface area contributed by atoms with Gasteiger partial charge in [-0.3, -0.25) is 4.79 Å². The van der Waals surface area contributed by atoms with Crippen LogP contribution in [0.5, 0.6) is 0 Å². The first-order chi connectivity index (χ1) is 14.0. The molecule has 1 aliphatic rings. The predicted molar refractivity (Wildman–Crippen MR) is 118 cm³/mol. The van der Waals surface area contributed by atoms with E-state index in [2.05, 4.69) is 67.7 Å². The largest absolute Gasteiger partial charge is 0.347 e. The Balaban J connectivity index is 1.76. The molecule has 4 heteroatoms. The van der Waals surface area contributed by atoms with Crippen LogP contribution in [0.4, 0.5) is 0 Å². The summed E-state index contributed by atoms with van der Waals surface area (Å²) in [7, 11) is 1.94. The number of aryl methyl sites for hydroxylation is 2. The Labute approximate surface area is 173 Å². The van der Waals surface area contributed by atoms with Crippen LogP contribution in [0.25, 0.3) is 22.5 Å². The van der Waals surface area contributed by atoms with Gasteiger partial charge < -0.3 is 9.88 Å². The summed E-state index contributed by atoms with van der Waals surface area (Å²) in [4.78, 5) is 17.9. The molecule has 1 N–H and O–H groups in total. The molecule has 1 saturated carbocycles. The fourth-order valence-corrected chi connectivity index (χ4v) is 4.15. The highest BCUT2D eigenvalue weighted by Crippen LogP contribution is 2.33. The maximum atomic E-state index is 13.1. The van der Waals surface area contributed by atoms with E-state index in [1.807, 2.05) is 11.6 Å². The summed E-state index contributed by atoms with van der Waals surface area (Å²) in [6.07, 6.45) is 5.77. The third-order valence-corrected chi connectivity index (χ3v) is 5.89. The lowest BCUT2D eigenvalue weighted by atomic mass is 9.95. The smallest absolute Gasteiger partial charge is 0.287 e. The molecule has 2 aromatic carbocycles. The van der Waals surface area contributed by atoms with Gasteiger partial charge >= 0.3 is 0 Å². The highest BCUT2D eigenvalue weighted by molar-refractivity contribution is 5.94. The summed E-state index contributed by atoms with van der Waals surface area (Å²) in [6.45, 7) is 4.16. The number of hydrogen-bond acceptors (Lipinski definition) is 2. The number of aromatic nitrogens is 2. The summed E-state index contributed by atoms with van der Waals surface area (Å²) in [5.74, 6) is 0.396. The maximum absolute atomic E-state index is 13.1. The van der Waals surface area contributed by atoms with Crippen LogP contribution in [0, 0.1) is 13.8 Å². The fraction of sp³-hybridized carbons (Fsp3) is 0.360. The second-order valence-corrected chi connectivity index (χ2v) is 8.23. The van der Waals surface area contributed by atoms with E-state index in [-0.39, 0.29) is 11.9 Å². The highest BCUT2D eigenvalue weighted by Gasteiger charge is 2.24. The minimum atomic E-state index is -0.0777. The molecule has 3 aromatic rings. The molecule has 0 saturated heterocycles. The average molecular weight is 388 g/mol. The zero-order valence-corrected chi connectivity index (χ0v) is 17.5. The zero-order chi connectivity index (χ0) is 20.4. The highest BCUT2D eigenvalue weighted by atomic mass is 16.2. The van der Waals surface area contributed by atoms with Gasteiger partial charge in [0.1, 0.15) is 0 Å². The molecule has 1 aliphatic carbocycles. The Morgan fingerprint density at radius 2 is 1.45 bits per heavy atom. The number of amides is 1. The second-order valence-electron chi connectivity index (χ2n) is 8.23. The molecule has 4 rings (SSSR count). The van der Waals surface area contributed by atoms with Gasteiger partial charge in [-0.05, 0) is 26.7 Å². The van der Waals surface area contributed by atoms with Crippen LogP contribution < -0.4 is 5.32 Å². The molecular formula is C25H29N3O. The van der Waals surface area contributed by atoms with Crippen molar-refractivity contribution in [2.75, 3.05) is 0 Å². The molecule has 0 radical (unpaired) electrons. The Bertz CT molecular complexity index is 994. The van der Waals surface area contributed by atoms with Crippen molar-refractivity contribution in [1.29, 1.82) is 0 Å². The van der Waals surface area contributed by atoms with Crippen molar-refractivity contribution < 1.29 is 4.79 Å². The number of benzene rings is 2. The molecule has 1 heterocycles. The summed E-state index contributed by atoms with van der Waals surface area (Å²) in [5.41, 5.74) is 6.34. The van der Waals surface area contributed by atoms with Crippen LogP contribution in [0.15, 0.2) is 48.5 Å². The van der Waals surface area contributed by atoms with Crippen LogP contribution in [-0.2, 0) is 7.05 Å². The lowest BCUT2D eigenvalue weighted by molar-refractivity contribution is 0.0914. The quantitative estimate of drug-likeness (QED) is 0.648. The number of nitrogens with zero attached hydrogens (tertiary/aromatic N) is 2. The van der Waals surface area contributed by atoms with Crippen molar-refractivity contribution in [2.45, 2.75) is 52.0 Å². The first-order valence-corrected chi connectivity index (χ1v) is 10.5. The SMILES string of the molecule is Cc1ccc(-c2nc(C(=O)NC3CCCCC3)n(C)c2-c2ccc(C)cc2)cc1. The van der Waals surface area contributed by atoms with Crippen molar-refractivity contribution >= 4 is 5.91 Å². The van der Waals surface area contributed by atoms with Gasteiger partial charge in [-0.15, -0.1) is 0 Å².